The van der Waals surface area contributed by atoms with Gasteiger partial charge in [0.2, 0.25) is 5.95 Å². The third kappa shape index (κ3) is 4.74. The van der Waals surface area contributed by atoms with Crippen LogP contribution >= 0.6 is 0 Å². The Morgan fingerprint density at radius 2 is 1.04 bits per heavy atom. The van der Waals surface area contributed by atoms with Crippen molar-refractivity contribution in [2.45, 2.75) is 19.3 Å². The van der Waals surface area contributed by atoms with Gasteiger partial charge in [-0.1, -0.05) is 153 Å². The van der Waals surface area contributed by atoms with Crippen molar-refractivity contribution in [1.29, 1.82) is 0 Å². The van der Waals surface area contributed by atoms with Crippen LogP contribution in [0.5, 0.6) is 0 Å². The smallest absolute Gasteiger partial charge is 0.238 e. The first-order valence-electron chi connectivity index (χ1n) is 18.7. The van der Waals surface area contributed by atoms with Gasteiger partial charge in [-0.2, -0.15) is 9.97 Å². The highest BCUT2D eigenvalue weighted by molar-refractivity contribution is 6.13. The normalized spacial score (nSPS) is 13.1. The standard InChI is InChI=1S/C49H34N6/c1-49(2)39-30-40-42(54(34-23-13-6-14-24-34)47(50-40)33-21-11-5-12-22-33)29-38(39)36-27-28-37-35-25-15-16-26-41(35)55(44(37)43(36)49)48-52-45(31-17-7-3-8-18-31)51-46(53-48)32-19-9-4-10-20-32/h3-30H,1-2H3. The van der Waals surface area contributed by atoms with Crippen LogP contribution in [-0.4, -0.2) is 29.1 Å². The molecule has 0 amide bonds. The minimum Gasteiger partial charge on any atom is -0.292 e. The molecule has 3 heterocycles. The van der Waals surface area contributed by atoms with E-state index >= 15 is 0 Å². The molecular weight excluding hydrogens is 673 g/mol. The van der Waals surface area contributed by atoms with Crippen molar-refractivity contribution in [2.24, 2.45) is 0 Å². The maximum Gasteiger partial charge on any atom is 0.238 e. The summed E-state index contributed by atoms with van der Waals surface area (Å²) in [6.07, 6.45) is 0. The fourth-order valence-electron chi connectivity index (χ4n) is 8.64. The fraction of sp³-hybridized carbons (Fsp3) is 0.0612. The van der Waals surface area contributed by atoms with Gasteiger partial charge in [0.1, 0.15) is 5.82 Å². The molecule has 6 nitrogen and oxygen atoms in total. The highest BCUT2D eigenvalue weighted by atomic mass is 15.2. The van der Waals surface area contributed by atoms with Gasteiger partial charge >= 0.3 is 0 Å². The summed E-state index contributed by atoms with van der Waals surface area (Å²) in [5, 5.41) is 2.32. The first kappa shape index (κ1) is 31.4. The van der Waals surface area contributed by atoms with Crippen molar-refractivity contribution in [1.82, 2.24) is 29.1 Å². The van der Waals surface area contributed by atoms with Crippen LogP contribution in [0.1, 0.15) is 25.0 Å². The average Bonchev–Trinajstić information content (AvgIpc) is 3.86. The van der Waals surface area contributed by atoms with Gasteiger partial charge in [0.25, 0.3) is 0 Å². The zero-order valence-electron chi connectivity index (χ0n) is 30.3. The zero-order valence-corrected chi connectivity index (χ0v) is 30.3. The fourth-order valence-corrected chi connectivity index (χ4v) is 8.64. The largest absolute Gasteiger partial charge is 0.292 e. The summed E-state index contributed by atoms with van der Waals surface area (Å²) < 4.78 is 4.57. The zero-order chi connectivity index (χ0) is 36.7. The maximum absolute atomic E-state index is 5.34. The van der Waals surface area contributed by atoms with Crippen LogP contribution in [0.4, 0.5) is 0 Å². The van der Waals surface area contributed by atoms with Crippen molar-refractivity contribution in [3.8, 4) is 56.9 Å². The predicted octanol–water partition coefficient (Wildman–Crippen LogP) is 11.6. The number of nitrogens with zero attached hydrogens (tertiary/aromatic N) is 6. The maximum atomic E-state index is 5.34. The van der Waals surface area contributed by atoms with Crippen molar-refractivity contribution >= 4 is 32.8 Å². The molecule has 0 aliphatic heterocycles. The summed E-state index contributed by atoms with van der Waals surface area (Å²) in [6.45, 7) is 4.69. The number of rotatable bonds is 5. The third-order valence-electron chi connectivity index (χ3n) is 11.2. The quantitative estimate of drug-likeness (QED) is 0.179. The number of fused-ring (bicyclic) bond motifs is 8. The lowest BCUT2D eigenvalue weighted by Gasteiger charge is -2.23. The van der Waals surface area contributed by atoms with E-state index in [9.17, 15) is 0 Å². The first-order valence-corrected chi connectivity index (χ1v) is 18.7. The molecule has 10 aromatic rings. The van der Waals surface area contributed by atoms with E-state index < -0.39 is 0 Å². The Kier molecular flexibility index (Phi) is 6.79. The monoisotopic (exact) mass is 706 g/mol. The Bertz CT molecular complexity index is 3030. The summed E-state index contributed by atoms with van der Waals surface area (Å²) in [5.41, 5.74) is 12.8. The van der Waals surface area contributed by atoms with Gasteiger partial charge in [-0.05, 0) is 52.6 Å². The van der Waals surface area contributed by atoms with Crippen LogP contribution in [0.3, 0.4) is 0 Å². The molecule has 0 unspecified atom stereocenters. The number of hydrogen-bond donors (Lipinski definition) is 0. The summed E-state index contributed by atoms with van der Waals surface area (Å²) in [4.78, 5) is 20.8. The second-order valence-electron chi connectivity index (χ2n) is 14.7. The molecule has 6 heteroatoms. The lowest BCUT2D eigenvalue weighted by Crippen LogP contribution is -2.17. The van der Waals surface area contributed by atoms with Crippen LogP contribution < -0.4 is 0 Å². The minimum absolute atomic E-state index is 0.370. The highest BCUT2D eigenvalue weighted by Gasteiger charge is 2.40. The average molecular weight is 707 g/mol. The van der Waals surface area contributed by atoms with E-state index in [0.29, 0.717) is 17.6 Å². The molecule has 7 aromatic carbocycles. The number of hydrogen-bond acceptors (Lipinski definition) is 4. The lowest BCUT2D eigenvalue weighted by atomic mass is 9.81. The molecule has 0 saturated heterocycles. The number of aromatic nitrogens is 6. The van der Waals surface area contributed by atoms with Gasteiger partial charge in [0.05, 0.1) is 22.1 Å². The highest BCUT2D eigenvalue weighted by Crippen LogP contribution is 2.54. The van der Waals surface area contributed by atoms with Crippen LogP contribution in [0.25, 0.3) is 89.8 Å². The van der Waals surface area contributed by atoms with Crippen molar-refractivity contribution in [2.75, 3.05) is 0 Å². The van der Waals surface area contributed by atoms with Crippen molar-refractivity contribution in [3.05, 3.63) is 181 Å². The van der Waals surface area contributed by atoms with Gasteiger partial charge in [0, 0.05) is 38.6 Å². The molecule has 0 radical (unpaired) electrons. The number of benzene rings is 7. The van der Waals surface area contributed by atoms with Crippen LogP contribution in [-0.2, 0) is 5.41 Å². The molecule has 1 aliphatic carbocycles. The molecule has 0 N–H and O–H groups in total. The van der Waals surface area contributed by atoms with Gasteiger partial charge in [0.15, 0.2) is 11.6 Å². The van der Waals surface area contributed by atoms with E-state index in [0.717, 1.165) is 55.7 Å². The second kappa shape index (κ2) is 11.9. The van der Waals surface area contributed by atoms with E-state index in [1.54, 1.807) is 0 Å². The SMILES string of the molecule is CC1(C)c2cc3nc(-c4ccccc4)n(-c4ccccc4)c3cc2-c2ccc3c4ccccc4n(-c4nc(-c5ccccc5)nc(-c5ccccc5)n4)c3c21. The van der Waals surface area contributed by atoms with E-state index in [2.05, 4.69) is 156 Å². The van der Waals surface area contributed by atoms with Crippen LogP contribution in [0.15, 0.2) is 170 Å². The van der Waals surface area contributed by atoms with E-state index in [1.165, 1.54) is 27.6 Å². The molecule has 0 spiro atoms. The Balaban J connectivity index is 1.21. The second-order valence-corrected chi connectivity index (χ2v) is 14.7. The van der Waals surface area contributed by atoms with E-state index in [1.807, 2.05) is 36.4 Å². The summed E-state index contributed by atoms with van der Waals surface area (Å²) in [6, 6.07) is 59.2. The Labute approximate surface area is 318 Å². The first-order chi connectivity index (χ1) is 27.0. The molecule has 11 rings (SSSR count). The third-order valence-corrected chi connectivity index (χ3v) is 11.2. The molecule has 0 bridgehead atoms. The summed E-state index contributed by atoms with van der Waals surface area (Å²) >= 11 is 0. The number of imidazole rings is 1. The molecule has 0 fully saturated rings. The van der Waals surface area contributed by atoms with Crippen LogP contribution in [0.2, 0.25) is 0 Å². The van der Waals surface area contributed by atoms with Gasteiger partial charge in [-0.3, -0.25) is 9.13 Å². The molecular formula is C49H34N6. The molecule has 55 heavy (non-hydrogen) atoms. The van der Waals surface area contributed by atoms with Gasteiger partial charge < -0.3 is 0 Å². The van der Waals surface area contributed by atoms with Crippen molar-refractivity contribution in [3.63, 3.8) is 0 Å². The van der Waals surface area contributed by atoms with E-state index in [-0.39, 0.29) is 5.41 Å². The van der Waals surface area contributed by atoms with Gasteiger partial charge in [-0.25, -0.2) is 9.97 Å². The summed E-state index contributed by atoms with van der Waals surface area (Å²) in [5.74, 6) is 2.79. The van der Waals surface area contributed by atoms with E-state index in [4.69, 9.17) is 19.9 Å². The molecule has 260 valence electrons. The summed E-state index contributed by atoms with van der Waals surface area (Å²) in [7, 11) is 0. The van der Waals surface area contributed by atoms with Gasteiger partial charge in [-0.15, -0.1) is 0 Å². The van der Waals surface area contributed by atoms with Crippen molar-refractivity contribution < 1.29 is 0 Å². The molecule has 0 atom stereocenters. The minimum atomic E-state index is -0.370. The Hall–Kier alpha value is -7.18. The molecule has 1 aliphatic rings. The van der Waals surface area contributed by atoms with Crippen LogP contribution in [0, 0.1) is 0 Å². The number of para-hydroxylation sites is 2. The molecule has 0 saturated carbocycles. The predicted molar refractivity (Wildman–Crippen MR) is 223 cm³/mol. The lowest BCUT2D eigenvalue weighted by molar-refractivity contribution is 0.664. The topological polar surface area (TPSA) is 61.4 Å². The Morgan fingerprint density at radius 3 is 1.69 bits per heavy atom. The Morgan fingerprint density at radius 1 is 0.455 bits per heavy atom. The molecule has 3 aromatic heterocycles.